The Bertz CT molecular complexity index is 806. The number of nitrogens with one attached hydrogen (secondary N) is 1. The van der Waals surface area contributed by atoms with Crippen molar-refractivity contribution in [3.05, 3.63) is 42.2 Å². The number of ether oxygens (including phenoxy) is 1. The molecule has 0 unspecified atom stereocenters. The number of hydrogen-bond donors (Lipinski definition) is 2. The minimum atomic E-state index is -0.556. The van der Waals surface area contributed by atoms with Crippen molar-refractivity contribution >= 4 is 17.0 Å². The van der Waals surface area contributed by atoms with Gasteiger partial charge in [-0.15, -0.1) is 5.10 Å². The second-order valence-electron chi connectivity index (χ2n) is 5.48. The van der Waals surface area contributed by atoms with Gasteiger partial charge in [0.1, 0.15) is 6.33 Å². The van der Waals surface area contributed by atoms with Gasteiger partial charge in [-0.25, -0.2) is 14.6 Å². The lowest BCUT2D eigenvalue weighted by molar-refractivity contribution is 0.125. The van der Waals surface area contributed by atoms with Crippen LogP contribution in [0.5, 0.6) is 0 Å². The molecule has 3 aromatic rings. The molecule has 0 bridgehead atoms. The molecule has 0 aliphatic carbocycles. The summed E-state index contributed by atoms with van der Waals surface area (Å²) >= 11 is 0. The van der Waals surface area contributed by atoms with E-state index in [1.807, 2.05) is 30.3 Å². The zero-order valence-electron chi connectivity index (χ0n) is 12.3. The molecule has 1 aromatic carbocycles. The number of nitrogens with zero attached hydrogens (tertiary/aromatic N) is 5. The van der Waals surface area contributed by atoms with Gasteiger partial charge in [0.2, 0.25) is 0 Å². The highest BCUT2D eigenvalue weighted by atomic mass is 16.5. The lowest BCUT2D eigenvalue weighted by Gasteiger charge is -2.14. The summed E-state index contributed by atoms with van der Waals surface area (Å²) in [4.78, 5) is 8.51. The molecule has 8 nitrogen and oxygen atoms in total. The van der Waals surface area contributed by atoms with Crippen LogP contribution in [0, 0.1) is 0 Å². The van der Waals surface area contributed by atoms with Crippen LogP contribution >= 0.6 is 0 Å². The zero-order chi connectivity index (χ0) is 15.6. The average Bonchev–Trinajstić information content (AvgIpc) is 3.16. The number of aliphatic hydroxyl groups is 1. The van der Waals surface area contributed by atoms with Gasteiger partial charge < -0.3 is 15.2 Å². The fourth-order valence-electron chi connectivity index (χ4n) is 2.62. The predicted octanol–water partition coefficient (Wildman–Crippen LogP) is 0.441. The lowest BCUT2D eigenvalue weighted by Crippen LogP contribution is -2.32. The standard InChI is InChI=1S/C15H16N6O2/c22-12-8-23-7-11(12)18-14-13-15(17-9-16-14)21(20-19-13)6-10-4-2-1-3-5-10/h1-5,9,11-12,22H,6-8H2,(H,16,17,18)/t11-,12-/m1/s1. The third-order valence-corrected chi connectivity index (χ3v) is 3.85. The van der Waals surface area contributed by atoms with Gasteiger partial charge in [0.05, 0.1) is 31.9 Å². The van der Waals surface area contributed by atoms with Crippen molar-refractivity contribution in [3.63, 3.8) is 0 Å². The Hall–Kier alpha value is -2.58. The van der Waals surface area contributed by atoms with Gasteiger partial charge in [0.25, 0.3) is 0 Å². The highest BCUT2D eigenvalue weighted by Gasteiger charge is 2.27. The van der Waals surface area contributed by atoms with E-state index >= 15 is 0 Å². The van der Waals surface area contributed by atoms with E-state index < -0.39 is 6.10 Å². The molecule has 1 aliphatic rings. The van der Waals surface area contributed by atoms with Crippen LogP contribution < -0.4 is 5.32 Å². The topological polar surface area (TPSA) is 98.0 Å². The largest absolute Gasteiger partial charge is 0.388 e. The molecule has 1 aliphatic heterocycles. The highest BCUT2D eigenvalue weighted by Crippen LogP contribution is 2.19. The molecule has 23 heavy (non-hydrogen) atoms. The van der Waals surface area contributed by atoms with Gasteiger partial charge in [-0.1, -0.05) is 35.5 Å². The van der Waals surface area contributed by atoms with Crippen LogP contribution in [0.1, 0.15) is 5.56 Å². The first-order chi connectivity index (χ1) is 11.3. The summed E-state index contributed by atoms with van der Waals surface area (Å²) in [5.41, 5.74) is 2.36. The Balaban J connectivity index is 1.63. The molecule has 0 spiro atoms. The Morgan fingerprint density at radius 3 is 2.87 bits per heavy atom. The fraction of sp³-hybridized carbons (Fsp3) is 0.333. The molecule has 1 saturated heterocycles. The summed E-state index contributed by atoms with van der Waals surface area (Å²) in [6.45, 7) is 1.35. The molecule has 3 heterocycles. The molecule has 0 radical (unpaired) electrons. The maximum absolute atomic E-state index is 9.85. The third kappa shape index (κ3) is 2.73. The Kier molecular flexibility index (Phi) is 3.60. The summed E-state index contributed by atoms with van der Waals surface area (Å²) in [5, 5.41) is 21.4. The summed E-state index contributed by atoms with van der Waals surface area (Å²) in [5.74, 6) is 0.559. The van der Waals surface area contributed by atoms with Crippen LogP contribution in [-0.4, -0.2) is 55.4 Å². The minimum Gasteiger partial charge on any atom is -0.388 e. The first-order valence-electron chi connectivity index (χ1n) is 7.42. The number of hydrogen-bond acceptors (Lipinski definition) is 7. The van der Waals surface area contributed by atoms with Crippen LogP contribution in [0.3, 0.4) is 0 Å². The second kappa shape index (κ2) is 5.90. The maximum Gasteiger partial charge on any atom is 0.184 e. The first-order valence-corrected chi connectivity index (χ1v) is 7.42. The van der Waals surface area contributed by atoms with Crippen molar-refractivity contribution < 1.29 is 9.84 Å². The van der Waals surface area contributed by atoms with E-state index in [9.17, 15) is 5.11 Å². The van der Waals surface area contributed by atoms with Gasteiger partial charge in [-0.05, 0) is 5.56 Å². The van der Waals surface area contributed by atoms with E-state index in [1.54, 1.807) is 4.68 Å². The van der Waals surface area contributed by atoms with Gasteiger partial charge in [0.15, 0.2) is 17.0 Å². The first kappa shape index (κ1) is 14.0. The molecule has 0 saturated carbocycles. The smallest absolute Gasteiger partial charge is 0.184 e. The Morgan fingerprint density at radius 1 is 1.22 bits per heavy atom. The molecule has 2 aromatic heterocycles. The Morgan fingerprint density at radius 2 is 2.09 bits per heavy atom. The van der Waals surface area contributed by atoms with Crippen molar-refractivity contribution in [1.82, 2.24) is 25.0 Å². The quantitative estimate of drug-likeness (QED) is 0.721. The van der Waals surface area contributed by atoms with Crippen LogP contribution in [0.4, 0.5) is 5.82 Å². The van der Waals surface area contributed by atoms with E-state index in [0.717, 1.165) is 5.56 Å². The SMILES string of the molecule is O[C@@H]1COC[C@H]1Nc1ncnc2c1nnn2Cc1ccccc1. The van der Waals surface area contributed by atoms with Crippen molar-refractivity contribution in [3.8, 4) is 0 Å². The molecular formula is C15H16N6O2. The summed E-state index contributed by atoms with van der Waals surface area (Å²) < 4.78 is 6.98. The van der Waals surface area contributed by atoms with Crippen LogP contribution in [0.15, 0.2) is 36.7 Å². The van der Waals surface area contributed by atoms with Gasteiger partial charge in [-0.2, -0.15) is 0 Å². The molecular weight excluding hydrogens is 296 g/mol. The van der Waals surface area contributed by atoms with E-state index in [2.05, 4.69) is 25.6 Å². The summed E-state index contributed by atoms with van der Waals surface area (Å²) in [6.07, 6.45) is 0.914. The van der Waals surface area contributed by atoms with Crippen molar-refractivity contribution in [1.29, 1.82) is 0 Å². The van der Waals surface area contributed by atoms with E-state index in [0.29, 0.717) is 36.7 Å². The molecule has 1 fully saturated rings. The fourth-order valence-corrected chi connectivity index (χ4v) is 2.62. The number of benzene rings is 1. The molecule has 0 amide bonds. The number of fused-ring (bicyclic) bond motifs is 1. The normalized spacial score (nSPS) is 20.9. The highest BCUT2D eigenvalue weighted by molar-refractivity contribution is 5.82. The molecule has 4 rings (SSSR count). The molecule has 2 N–H and O–H groups in total. The summed E-state index contributed by atoms with van der Waals surface area (Å²) in [6, 6.07) is 9.80. The second-order valence-corrected chi connectivity index (χ2v) is 5.48. The molecule has 8 heteroatoms. The van der Waals surface area contributed by atoms with Gasteiger partial charge in [0, 0.05) is 0 Å². The lowest BCUT2D eigenvalue weighted by atomic mass is 10.2. The van der Waals surface area contributed by atoms with Crippen LogP contribution in [-0.2, 0) is 11.3 Å². The molecule has 118 valence electrons. The minimum absolute atomic E-state index is 0.202. The number of aromatic nitrogens is 5. The van der Waals surface area contributed by atoms with Crippen molar-refractivity contribution in [2.45, 2.75) is 18.7 Å². The van der Waals surface area contributed by atoms with Gasteiger partial charge in [-0.3, -0.25) is 0 Å². The van der Waals surface area contributed by atoms with E-state index in [4.69, 9.17) is 4.74 Å². The molecule has 2 atom stereocenters. The monoisotopic (exact) mass is 312 g/mol. The number of aliphatic hydroxyl groups excluding tert-OH is 1. The number of rotatable bonds is 4. The third-order valence-electron chi connectivity index (χ3n) is 3.85. The van der Waals surface area contributed by atoms with Crippen molar-refractivity contribution in [2.24, 2.45) is 0 Å². The Labute approximate surface area is 132 Å². The van der Waals surface area contributed by atoms with E-state index in [-0.39, 0.29) is 6.04 Å². The average molecular weight is 312 g/mol. The van der Waals surface area contributed by atoms with Gasteiger partial charge >= 0.3 is 0 Å². The van der Waals surface area contributed by atoms with E-state index in [1.165, 1.54) is 6.33 Å². The van der Waals surface area contributed by atoms with Crippen LogP contribution in [0.25, 0.3) is 11.2 Å². The van der Waals surface area contributed by atoms with Crippen molar-refractivity contribution in [2.75, 3.05) is 18.5 Å². The van der Waals surface area contributed by atoms with Crippen LogP contribution in [0.2, 0.25) is 0 Å². The zero-order valence-corrected chi connectivity index (χ0v) is 12.3. The summed E-state index contributed by atoms with van der Waals surface area (Å²) in [7, 11) is 0. The number of anilines is 1. The maximum atomic E-state index is 9.85. The predicted molar refractivity (Wildman–Crippen MR) is 82.9 cm³/mol.